The zero-order valence-corrected chi connectivity index (χ0v) is 9.23. The van der Waals surface area contributed by atoms with Crippen LogP contribution in [0.3, 0.4) is 0 Å². The van der Waals surface area contributed by atoms with Crippen molar-refractivity contribution in [3.8, 4) is 0 Å². The summed E-state index contributed by atoms with van der Waals surface area (Å²) in [6, 6.07) is 0. The summed E-state index contributed by atoms with van der Waals surface area (Å²) in [5.41, 5.74) is 0. The molecule has 1 aliphatic rings. The highest BCUT2D eigenvalue weighted by Gasteiger charge is 2.30. The average Bonchev–Trinajstić information content (AvgIpc) is 2.17. The van der Waals surface area contributed by atoms with Gasteiger partial charge < -0.3 is 9.84 Å². The Kier molecular flexibility index (Phi) is 4.12. The van der Waals surface area contributed by atoms with Gasteiger partial charge in [0.2, 0.25) is 0 Å². The smallest absolute Gasteiger partial charge is 0.309 e. The lowest BCUT2D eigenvalue weighted by molar-refractivity contribution is -0.155. The molecular formula is C11H18O4. The lowest BCUT2D eigenvalue weighted by atomic mass is 9.82. The minimum Gasteiger partial charge on any atom is -0.481 e. The summed E-state index contributed by atoms with van der Waals surface area (Å²) in [7, 11) is 0. The molecule has 0 saturated heterocycles. The molecule has 15 heavy (non-hydrogen) atoms. The second-order valence-corrected chi connectivity index (χ2v) is 4.37. The van der Waals surface area contributed by atoms with Crippen molar-refractivity contribution in [1.29, 1.82) is 0 Å². The summed E-state index contributed by atoms with van der Waals surface area (Å²) in [4.78, 5) is 22.2. The van der Waals surface area contributed by atoms with Crippen LogP contribution in [0.2, 0.25) is 0 Å². The zero-order valence-electron chi connectivity index (χ0n) is 9.23. The summed E-state index contributed by atoms with van der Waals surface area (Å²) in [6.07, 6.45) is 2.38. The fourth-order valence-corrected chi connectivity index (χ4v) is 1.90. The maximum atomic E-state index is 11.5. The van der Waals surface area contributed by atoms with Gasteiger partial charge in [-0.3, -0.25) is 9.59 Å². The molecule has 86 valence electrons. The minimum atomic E-state index is -0.745. The highest BCUT2D eigenvalue weighted by atomic mass is 16.5. The van der Waals surface area contributed by atoms with Gasteiger partial charge in [0.15, 0.2) is 0 Å². The summed E-state index contributed by atoms with van der Waals surface area (Å²) in [5.74, 6) is -1.28. The molecule has 0 heterocycles. The van der Waals surface area contributed by atoms with Gasteiger partial charge in [0.1, 0.15) is 0 Å². The highest BCUT2D eigenvalue weighted by molar-refractivity contribution is 5.74. The van der Waals surface area contributed by atoms with E-state index in [9.17, 15) is 9.59 Å². The second kappa shape index (κ2) is 5.14. The summed E-state index contributed by atoms with van der Waals surface area (Å²) < 4.78 is 5.10. The van der Waals surface area contributed by atoms with Crippen molar-refractivity contribution in [2.45, 2.75) is 45.6 Å². The number of carbonyl (C=O) groups excluding carboxylic acids is 1. The van der Waals surface area contributed by atoms with E-state index >= 15 is 0 Å². The molecule has 0 aromatic heterocycles. The van der Waals surface area contributed by atoms with Gasteiger partial charge in [0.25, 0.3) is 0 Å². The van der Waals surface area contributed by atoms with Crippen molar-refractivity contribution < 1.29 is 19.4 Å². The van der Waals surface area contributed by atoms with Crippen LogP contribution in [-0.2, 0) is 14.3 Å². The maximum Gasteiger partial charge on any atom is 0.309 e. The zero-order chi connectivity index (χ0) is 11.4. The third-order valence-electron chi connectivity index (χ3n) is 2.76. The molecule has 0 aliphatic heterocycles. The van der Waals surface area contributed by atoms with Gasteiger partial charge in [-0.05, 0) is 39.5 Å². The number of ether oxygens (including phenoxy) is 1. The number of rotatable bonds is 3. The predicted molar refractivity (Wildman–Crippen MR) is 54.3 cm³/mol. The molecule has 0 aromatic carbocycles. The lowest BCUT2D eigenvalue weighted by Gasteiger charge is -2.25. The van der Waals surface area contributed by atoms with E-state index in [0.29, 0.717) is 25.7 Å². The number of carboxylic acid groups (broad SMARTS) is 1. The Morgan fingerprint density at radius 1 is 1.13 bits per heavy atom. The van der Waals surface area contributed by atoms with E-state index in [2.05, 4.69) is 0 Å². The first-order valence-corrected chi connectivity index (χ1v) is 5.44. The normalized spacial score (nSPS) is 26.3. The van der Waals surface area contributed by atoms with Crippen molar-refractivity contribution >= 4 is 11.9 Å². The number of hydrogen-bond acceptors (Lipinski definition) is 3. The first kappa shape index (κ1) is 12.0. The Balaban J connectivity index is 2.37. The van der Waals surface area contributed by atoms with Gasteiger partial charge in [-0.2, -0.15) is 0 Å². The number of hydrogen-bond donors (Lipinski definition) is 1. The van der Waals surface area contributed by atoms with E-state index in [4.69, 9.17) is 9.84 Å². The monoisotopic (exact) mass is 214 g/mol. The molecule has 1 rings (SSSR count). The number of esters is 1. The SMILES string of the molecule is CC(C)OC(=O)C1CCC(C(=O)O)CC1. The highest BCUT2D eigenvalue weighted by Crippen LogP contribution is 2.29. The van der Waals surface area contributed by atoms with E-state index < -0.39 is 5.97 Å². The van der Waals surface area contributed by atoms with Crippen molar-refractivity contribution in [3.05, 3.63) is 0 Å². The van der Waals surface area contributed by atoms with Gasteiger partial charge >= 0.3 is 11.9 Å². The molecule has 4 nitrogen and oxygen atoms in total. The minimum absolute atomic E-state index is 0.0882. The Hall–Kier alpha value is -1.06. The van der Waals surface area contributed by atoms with Crippen molar-refractivity contribution in [2.24, 2.45) is 11.8 Å². The lowest BCUT2D eigenvalue weighted by Crippen LogP contribution is -2.28. The van der Waals surface area contributed by atoms with Crippen molar-refractivity contribution in [1.82, 2.24) is 0 Å². The van der Waals surface area contributed by atoms with Crippen LogP contribution < -0.4 is 0 Å². The molecule has 0 amide bonds. The predicted octanol–water partition coefficient (Wildman–Crippen LogP) is 1.83. The van der Waals surface area contributed by atoms with E-state index in [1.807, 2.05) is 13.8 Å². The third-order valence-corrected chi connectivity index (χ3v) is 2.76. The van der Waals surface area contributed by atoms with Crippen LogP contribution in [0, 0.1) is 11.8 Å². The van der Waals surface area contributed by atoms with Crippen LogP contribution in [0.1, 0.15) is 39.5 Å². The third kappa shape index (κ3) is 3.53. The second-order valence-electron chi connectivity index (χ2n) is 4.37. The molecule has 1 saturated carbocycles. The molecule has 1 fully saturated rings. The van der Waals surface area contributed by atoms with Gasteiger partial charge in [0, 0.05) is 0 Å². The van der Waals surface area contributed by atoms with Crippen LogP contribution in [0.5, 0.6) is 0 Å². The van der Waals surface area contributed by atoms with Gasteiger partial charge in [-0.1, -0.05) is 0 Å². The van der Waals surface area contributed by atoms with Crippen LogP contribution in [0.15, 0.2) is 0 Å². The van der Waals surface area contributed by atoms with Crippen LogP contribution in [0.4, 0.5) is 0 Å². The van der Waals surface area contributed by atoms with E-state index in [1.165, 1.54) is 0 Å². The van der Waals surface area contributed by atoms with E-state index in [-0.39, 0.29) is 23.9 Å². The largest absolute Gasteiger partial charge is 0.481 e. The molecule has 1 aliphatic carbocycles. The first-order valence-electron chi connectivity index (χ1n) is 5.44. The van der Waals surface area contributed by atoms with Gasteiger partial charge in [-0.15, -0.1) is 0 Å². The number of carbonyl (C=O) groups is 2. The molecule has 4 heteroatoms. The fraction of sp³-hybridized carbons (Fsp3) is 0.818. The fourth-order valence-electron chi connectivity index (χ4n) is 1.90. The average molecular weight is 214 g/mol. The number of carboxylic acids is 1. The van der Waals surface area contributed by atoms with Gasteiger partial charge in [0.05, 0.1) is 17.9 Å². The molecule has 1 N–H and O–H groups in total. The van der Waals surface area contributed by atoms with E-state index in [1.54, 1.807) is 0 Å². The van der Waals surface area contributed by atoms with Crippen LogP contribution in [-0.4, -0.2) is 23.1 Å². The van der Waals surface area contributed by atoms with Crippen molar-refractivity contribution in [3.63, 3.8) is 0 Å². The quantitative estimate of drug-likeness (QED) is 0.728. The molecular weight excluding hydrogens is 196 g/mol. The van der Waals surface area contributed by atoms with E-state index in [0.717, 1.165) is 0 Å². The van der Waals surface area contributed by atoms with Crippen LogP contribution >= 0.6 is 0 Å². The summed E-state index contributed by atoms with van der Waals surface area (Å²) in [5, 5.41) is 8.79. The standard InChI is InChI=1S/C11H18O4/c1-7(2)15-11(14)9-5-3-8(4-6-9)10(12)13/h7-9H,3-6H2,1-2H3,(H,12,13). The molecule has 0 bridgehead atoms. The topological polar surface area (TPSA) is 63.6 Å². The summed E-state index contributed by atoms with van der Waals surface area (Å²) >= 11 is 0. The molecule has 0 spiro atoms. The maximum absolute atomic E-state index is 11.5. The number of aliphatic carboxylic acids is 1. The Morgan fingerprint density at radius 3 is 2.00 bits per heavy atom. The Morgan fingerprint density at radius 2 is 1.60 bits per heavy atom. The van der Waals surface area contributed by atoms with Crippen LogP contribution in [0.25, 0.3) is 0 Å². The molecule has 0 atom stereocenters. The first-order chi connectivity index (χ1) is 7.00. The molecule has 0 unspecified atom stereocenters. The summed E-state index contributed by atoms with van der Waals surface area (Å²) in [6.45, 7) is 3.64. The Labute approximate surface area is 89.6 Å². The molecule has 0 aromatic rings. The Bertz CT molecular complexity index is 239. The van der Waals surface area contributed by atoms with Gasteiger partial charge in [-0.25, -0.2) is 0 Å². The molecule has 0 radical (unpaired) electrons. The van der Waals surface area contributed by atoms with Crippen molar-refractivity contribution in [2.75, 3.05) is 0 Å².